The summed E-state index contributed by atoms with van der Waals surface area (Å²) in [6.07, 6.45) is 2.32. The summed E-state index contributed by atoms with van der Waals surface area (Å²) in [5.41, 5.74) is 5.56. The third-order valence-corrected chi connectivity index (χ3v) is 3.31. The monoisotopic (exact) mass is 323 g/mol. The number of aryl methyl sites for hydroxylation is 1. The number of nitrogens with two attached hydrogens (primary N) is 1. The van der Waals surface area contributed by atoms with Gasteiger partial charge in [0.25, 0.3) is 0 Å². The first kappa shape index (κ1) is 14.1. The molecule has 0 aliphatic rings. The van der Waals surface area contributed by atoms with Gasteiger partial charge in [-0.25, -0.2) is 4.39 Å². The van der Waals surface area contributed by atoms with Gasteiger partial charge in [-0.15, -0.1) is 0 Å². The van der Waals surface area contributed by atoms with E-state index < -0.39 is 0 Å². The van der Waals surface area contributed by atoms with Crippen LogP contribution in [0.15, 0.2) is 41.0 Å². The standard InChI is InChI=1S/C14H15BrFN3/c1-9-2-3-18-13(4-9)14(19-17)7-10-5-11(15)8-12(16)6-10/h2-6,8,14,19H,7,17H2,1H3. The molecule has 5 heteroatoms. The van der Waals surface area contributed by atoms with Gasteiger partial charge >= 0.3 is 0 Å². The zero-order valence-corrected chi connectivity index (χ0v) is 12.1. The van der Waals surface area contributed by atoms with Gasteiger partial charge in [0.15, 0.2) is 0 Å². The summed E-state index contributed by atoms with van der Waals surface area (Å²) in [5.74, 6) is 5.32. The number of hydrazine groups is 1. The summed E-state index contributed by atoms with van der Waals surface area (Å²) in [6.45, 7) is 2.00. The number of nitrogens with one attached hydrogen (secondary N) is 1. The van der Waals surface area contributed by atoms with Crippen molar-refractivity contribution in [2.24, 2.45) is 5.84 Å². The lowest BCUT2D eigenvalue weighted by atomic mass is 10.0. The molecule has 0 fully saturated rings. The van der Waals surface area contributed by atoms with E-state index in [-0.39, 0.29) is 11.9 Å². The largest absolute Gasteiger partial charge is 0.271 e. The molecule has 0 aliphatic carbocycles. The van der Waals surface area contributed by atoms with Crippen molar-refractivity contribution in [2.75, 3.05) is 0 Å². The van der Waals surface area contributed by atoms with Crippen LogP contribution in [0.4, 0.5) is 4.39 Å². The minimum atomic E-state index is -0.266. The summed E-state index contributed by atoms with van der Waals surface area (Å²) in [7, 11) is 0. The molecule has 2 aromatic rings. The highest BCUT2D eigenvalue weighted by Gasteiger charge is 2.13. The van der Waals surface area contributed by atoms with Crippen molar-refractivity contribution in [2.45, 2.75) is 19.4 Å². The Balaban J connectivity index is 2.23. The molecule has 19 heavy (non-hydrogen) atoms. The summed E-state index contributed by atoms with van der Waals surface area (Å²) < 4.78 is 14.1. The van der Waals surface area contributed by atoms with Gasteiger partial charge in [-0.05, 0) is 54.8 Å². The van der Waals surface area contributed by atoms with Crippen molar-refractivity contribution < 1.29 is 4.39 Å². The first-order valence-electron chi connectivity index (χ1n) is 5.92. The van der Waals surface area contributed by atoms with Gasteiger partial charge < -0.3 is 0 Å². The van der Waals surface area contributed by atoms with Gasteiger partial charge in [0, 0.05) is 10.7 Å². The zero-order chi connectivity index (χ0) is 13.8. The van der Waals surface area contributed by atoms with Crippen LogP contribution in [0.2, 0.25) is 0 Å². The van der Waals surface area contributed by atoms with Crippen molar-refractivity contribution in [3.8, 4) is 0 Å². The normalized spacial score (nSPS) is 12.4. The third-order valence-electron chi connectivity index (χ3n) is 2.86. The minimum Gasteiger partial charge on any atom is -0.271 e. The molecule has 0 bridgehead atoms. The Morgan fingerprint density at radius 1 is 1.37 bits per heavy atom. The Bertz CT molecular complexity index is 554. The van der Waals surface area contributed by atoms with Crippen LogP contribution in [-0.2, 0) is 6.42 Å². The van der Waals surface area contributed by atoms with Crippen LogP contribution in [0.25, 0.3) is 0 Å². The lowest BCUT2D eigenvalue weighted by Crippen LogP contribution is -2.30. The van der Waals surface area contributed by atoms with E-state index in [2.05, 4.69) is 26.3 Å². The van der Waals surface area contributed by atoms with E-state index in [0.717, 1.165) is 21.3 Å². The van der Waals surface area contributed by atoms with Crippen LogP contribution in [0.1, 0.15) is 22.9 Å². The van der Waals surface area contributed by atoms with Crippen LogP contribution in [0.3, 0.4) is 0 Å². The van der Waals surface area contributed by atoms with Crippen LogP contribution >= 0.6 is 15.9 Å². The van der Waals surface area contributed by atoms with E-state index in [1.807, 2.05) is 25.1 Å². The number of hydrogen-bond donors (Lipinski definition) is 2. The van der Waals surface area contributed by atoms with Crippen LogP contribution in [0, 0.1) is 12.7 Å². The second kappa shape index (κ2) is 6.23. The maximum atomic E-state index is 13.4. The maximum absolute atomic E-state index is 13.4. The van der Waals surface area contributed by atoms with Crippen molar-refractivity contribution in [1.82, 2.24) is 10.4 Å². The highest BCUT2D eigenvalue weighted by molar-refractivity contribution is 9.10. The molecule has 0 saturated carbocycles. The quantitative estimate of drug-likeness (QED) is 0.671. The molecule has 0 saturated heterocycles. The van der Waals surface area contributed by atoms with E-state index in [1.54, 1.807) is 6.20 Å². The Morgan fingerprint density at radius 3 is 2.79 bits per heavy atom. The average Bonchev–Trinajstić information content (AvgIpc) is 2.34. The van der Waals surface area contributed by atoms with Crippen molar-refractivity contribution in [3.05, 3.63) is 63.6 Å². The second-order valence-electron chi connectivity index (χ2n) is 4.46. The van der Waals surface area contributed by atoms with E-state index in [4.69, 9.17) is 5.84 Å². The van der Waals surface area contributed by atoms with E-state index >= 15 is 0 Å². The topological polar surface area (TPSA) is 50.9 Å². The summed E-state index contributed by atoms with van der Waals surface area (Å²) in [6, 6.07) is 8.57. The number of hydrogen-bond acceptors (Lipinski definition) is 3. The number of nitrogens with zero attached hydrogens (tertiary/aromatic N) is 1. The third kappa shape index (κ3) is 3.83. The first-order chi connectivity index (χ1) is 9.08. The number of aromatic nitrogens is 1. The molecular formula is C14H15BrFN3. The molecule has 1 aromatic carbocycles. The fraction of sp³-hybridized carbons (Fsp3) is 0.214. The Hall–Kier alpha value is -1.30. The molecule has 0 amide bonds. The van der Waals surface area contributed by atoms with Gasteiger partial charge in [-0.3, -0.25) is 16.3 Å². The van der Waals surface area contributed by atoms with Crippen LogP contribution in [-0.4, -0.2) is 4.98 Å². The minimum absolute atomic E-state index is 0.145. The second-order valence-corrected chi connectivity index (χ2v) is 5.37. The molecule has 0 aliphatic heterocycles. The first-order valence-corrected chi connectivity index (χ1v) is 6.71. The Morgan fingerprint density at radius 2 is 2.16 bits per heavy atom. The molecule has 0 spiro atoms. The molecule has 1 aromatic heterocycles. The van der Waals surface area contributed by atoms with Crippen molar-refractivity contribution in [1.29, 1.82) is 0 Å². The van der Waals surface area contributed by atoms with E-state index in [9.17, 15) is 4.39 Å². The predicted octanol–water partition coefficient (Wildman–Crippen LogP) is 3.04. The molecular weight excluding hydrogens is 309 g/mol. The number of benzene rings is 1. The number of rotatable bonds is 4. The van der Waals surface area contributed by atoms with Gasteiger partial charge in [0.05, 0.1) is 11.7 Å². The Labute approximate surface area is 120 Å². The van der Waals surface area contributed by atoms with Gasteiger partial charge in [-0.1, -0.05) is 15.9 Å². The molecule has 1 atom stereocenters. The summed E-state index contributed by atoms with van der Waals surface area (Å²) in [4.78, 5) is 4.30. The highest BCUT2D eigenvalue weighted by Crippen LogP contribution is 2.21. The smallest absolute Gasteiger partial charge is 0.124 e. The SMILES string of the molecule is Cc1ccnc(C(Cc2cc(F)cc(Br)c2)NN)c1. The van der Waals surface area contributed by atoms with Gasteiger partial charge in [-0.2, -0.15) is 0 Å². The van der Waals surface area contributed by atoms with Crippen molar-refractivity contribution in [3.63, 3.8) is 0 Å². The van der Waals surface area contributed by atoms with Crippen LogP contribution < -0.4 is 11.3 Å². The molecule has 1 heterocycles. The van der Waals surface area contributed by atoms with Crippen LogP contribution in [0.5, 0.6) is 0 Å². The molecule has 2 rings (SSSR count). The van der Waals surface area contributed by atoms with E-state index in [0.29, 0.717) is 6.42 Å². The van der Waals surface area contributed by atoms with Crippen molar-refractivity contribution >= 4 is 15.9 Å². The van der Waals surface area contributed by atoms with Gasteiger partial charge in [0.2, 0.25) is 0 Å². The average molecular weight is 324 g/mol. The lowest BCUT2D eigenvalue weighted by Gasteiger charge is -2.16. The Kier molecular flexibility index (Phi) is 4.63. The highest BCUT2D eigenvalue weighted by atomic mass is 79.9. The molecule has 0 radical (unpaired) electrons. The maximum Gasteiger partial charge on any atom is 0.124 e. The molecule has 1 unspecified atom stereocenters. The summed E-state index contributed by atoms with van der Waals surface area (Å²) in [5, 5.41) is 0. The van der Waals surface area contributed by atoms with E-state index in [1.165, 1.54) is 12.1 Å². The molecule has 3 nitrogen and oxygen atoms in total. The zero-order valence-electron chi connectivity index (χ0n) is 10.5. The fourth-order valence-corrected chi connectivity index (χ4v) is 2.48. The molecule has 3 N–H and O–H groups in total. The fourth-order valence-electron chi connectivity index (χ4n) is 1.96. The number of halogens is 2. The molecule has 100 valence electrons. The summed E-state index contributed by atoms with van der Waals surface area (Å²) >= 11 is 3.29. The predicted molar refractivity (Wildman–Crippen MR) is 76.8 cm³/mol. The number of pyridine rings is 1. The lowest BCUT2D eigenvalue weighted by molar-refractivity contribution is 0.535. The van der Waals surface area contributed by atoms with Gasteiger partial charge in [0.1, 0.15) is 5.82 Å².